The maximum absolute atomic E-state index is 11.6. The van der Waals surface area contributed by atoms with E-state index in [0.717, 1.165) is 5.56 Å². The van der Waals surface area contributed by atoms with E-state index >= 15 is 0 Å². The van der Waals surface area contributed by atoms with Gasteiger partial charge in [0.05, 0.1) is 17.7 Å². The van der Waals surface area contributed by atoms with Gasteiger partial charge in [-0.25, -0.2) is 9.97 Å². The Morgan fingerprint density at radius 2 is 2.15 bits per heavy atom. The summed E-state index contributed by atoms with van der Waals surface area (Å²) in [6.07, 6.45) is 1.42. The summed E-state index contributed by atoms with van der Waals surface area (Å²) < 4.78 is 5.53. The topological polar surface area (TPSA) is 90.1 Å². The highest BCUT2D eigenvalue weighted by Crippen LogP contribution is 2.27. The third-order valence-electron chi connectivity index (χ3n) is 2.72. The Hall–Kier alpha value is -2.63. The number of anilines is 1. The summed E-state index contributed by atoms with van der Waals surface area (Å²) in [6, 6.07) is 7.42. The fourth-order valence-electron chi connectivity index (χ4n) is 1.77. The lowest BCUT2D eigenvalue weighted by Crippen LogP contribution is -2.20. The largest absolute Gasteiger partial charge is 0.493 e. The standard InChI is InChI=1S/C14H16N4O2/c1-3-20-11-7-5-4-6-9(11)13-17-8-10(12(15)18-13)14(19)16-2/h4-8H,3H2,1-2H3,(H,16,19)(H2,15,17,18). The van der Waals surface area contributed by atoms with Gasteiger partial charge < -0.3 is 15.8 Å². The number of amides is 1. The zero-order chi connectivity index (χ0) is 14.5. The van der Waals surface area contributed by atoms with Gasteiger partial charge in [0.2, 0.25) is 0 Å². The smallest absolute Gasteiger partial charge is 0.256 e. The maximum Gasteiger partial charge on any atom is 0.256 e. The number of ether oxygens (including phenoxy) is 1. The van der Waals surface area contributed by atoms with E-state index in [1.807, 2.05) is 31.2 Å². The van der Waals surface area contributed by atoms with Crippen molar-refractivity contribution in [3.8, 4) is 17.1 Å². The van der Waals surface area contributed by atoms with Gasteiger partial charge >= 0.3 is 0 Å². The predicted octanol–water partition coefficient (Wildman–Crippen LogP) is 1.48. The molecule has 0 radical (unpaired) electrons. The Morgan fingerprint density at radius 1 is 1.40 bits per heavy atom. The van der Waals surface area contributed by atoms with Crippen molar-refractivity contribution in [3.63, 3.8) is 0 Å². The van der Waals surface area contributed by atoms with Crippen LogP contribution in [-0.2, 0) is 0 Å². The number of carbonyl (C=O) groups excluding carboxylic acids is 1. The molecule has 2 aromatic rings. The first-order valence-electron chi connectivity index (χ1n) is 6.24. The third kappa shape index (κ3) is 2.69. The number of nitrogens with one attached hydrogen (secondary N) is 1. The van der Waals surface area contributed by atoms with E-state index in [-0.39, 0.29) is 17.3 Å². The van der Waals surface area contributed by atoms with Crippen molar-refractivity contribution in [2.24, 2.45) is 0 Å². The van der Waals surface area contributed by atoms with Crippen LogP contribution in [0.5, 0.6) is 5.75 Å². The molecule has 1 heterocycles. The van der Waals surface area contributed by atoms with Crippen LogP contribution >= 0.6 is 0 Å². The lowest BCUT2D eigenvalue weighted by molar-refractivity contribution is 0.0963. The highest BCUT2D eigenvalue weighted by Gasteiger charge is 2.14. The number of para-hydroxylation sites is 1. The molecule has 1 aromatic heterocycles. The van der Waals surface area contributed by atoms with Crippen LogP contribution in [0.1, 0.15) is 17.3 Å². The number of nitrogen functional groups attached to an aromatic ring is 1. The lowest BCUT2D eigenvalue weighted by atomic mass is 10.2. The molecule has 0 atom stereocenters. The molecule has 20 heavy (non-hydrogen) atoms. The van der Waals surface area contributed by atoms with Crippen molar-refractivity contribution in [1.29, 1.82) is 0 Å². The summed E-state index contributed by atoms with van der Waals surface area (Å²) in [4.78, 5) is 19.9. The van der Waals surface area contributed by atoms with E-state index in [2.05, 4.69) is 15.3 Å². The molecule has 0 saturated carbocycles. The summed E-state index contributed by atoms with van der Waals surface area (Å²) in [6.45, 7) is 2.45. The molecular weight excluding hydrogens is 256 g/mol. The molecule has 2 rings (SSSR count). The number of carbonyl (C=O) groups is 1. The Kier molecular flexibility index (Phi) is 4.14. The van der Waals surface area contributed by atoms with Crippen LogP contribution in [0.15, 0.2) is 30.5 Å². The monoisotopic (exact) mass is 272 g/mol. The second kappa shape index (κ2) is 6.01. The molecule has 6 nitrogen and oxygen atoms in total. The summed E-state index contributed by atoms with van der Waals surface area (Å²) in [5.41, 5.74) is 6.80. The lowest BCUT2D eigenvalue weighted by Gasteiger charge is -2.10. The van der Waals surface area contributed by atoms with Crippen molar-refractivity contribution < 1.29 is 9.53 Å². The van der Waals surface area contributed by atoms with Gasteiger partial charge in [0.15, 0.2) is 5.82 Å². The van der Waals surface area contributed by atoms with Crippen molar-refractivity contribution in [2.75, 3.05) is 19.4 Å². The summed E-state index contributed by atoms with van der Waals surface area (Å²) in [7, 11) is 1.53. The highest BCUT2D eigenvalue weighted by atomic mass is 16.5. The number of hydrogen-bond acceptors (Lipinski definition) is 5. The van der Waals surface area contributed by atoms with Crippen molar-refractivity contribution in [1.82, 2.24) is 15.3 Å². The van der Waals surface area contributed by atoms with Gasteiger partial charge in [0.25, 0.3) is 5.91 Å². The molecule has 0 spiro atoms. The first-order valence-corrected chi connectivity index (χ1v) is 6.24. The Bertz CT molecular complexity index is 628. The first-order chi connectivity index (χ1) is 9.67. The molecule has 1 aromatic carbocycles. The van der Waals surface area contributed by atoms with Crippen LogP contribution in [0, 0.1) is 0 Å². The van der Waals surface area contributed by atoms with Gasteiger partial charge in [0.1, 0.15) is 11.6 Å². The van der Waals surface area contributed by atoms with Crippen LogP contribution in [0.2, 0.25) is 0 Å². The van der Waals surface area contributed by atoms with Gasteiger partial charge in [-0.1, -0.05) is 12.1 Å². The molecule has 0 fully saturated rings. The van der Waals surface area contributed by atoms with Gasteiger partial charge in [-0.2, -0.15) is 0 Å². The average molecular weight is 272 g/mol. The third-order valence-corrected chi connectivity index (χ3v) is 2.72. The van der Waals surface area contributed by atoms with E-state index < -0.39 is 0 Å². The van der Waals surface area contributed by atoms with Crippen LogP contribution in [0.25, 0.3) is 11.4 Å². The molecule has 3 N–H and O–H groups in total. The summed E-state index contributed by atoms with van der Waals surface area (Å²) in [5.74, 6) is 0.939. The molecular formula is C14H16N4O2. The minimum Gasteiger partial charge on any atom is -0.493 e. The van der Waals surface area contributed by atoms with E-state index in [1.54, 1.807) is 0 Å². The molecule has 104 valence electrons. The normalized spacial score (nSPS) is 10.1. The number of benzene rings is 1. The van der Waals surface area contributed by atoms with E-state index in [1.165, 1.54) is 13.2 Å². The first kappa shape index (κ1) is 13.8. The maximum atomic E-state index is 11.6. The van der Waals surface area contributed by atoms with Crippen molar-refractivity contribution >= 4 is 11.7 Å². The van der Waals surface area contributed by atoms with Gasteiger partial charge in [-0.15, -0.1) is 0 Å². The number of nitrogens with zero attached hydrogens (tertiary/aromatic N) is 2. The number of rotatable bonds is 4. The Balaban J connectivity index is 2.44. The molecule has 1 amide bonds. The van der Waals surface area contributed by atoms with Gasteiger partial charge in [-0.3, -0.25) is 4.79 Å². The van der Waals surface area contributed by atoms with Crippen LogP contribution in [0.4, 0.5) is 5.82 Å². The number of aromatic nitrogens is 2. The minimum absolute atomic E-state index is 0.139. The second-order valence-corrected chi connectivity index (χ2v) is 4.00. The molecule has 6 heteroatoms. The number of hydrogen-bond donors (Lipinski definition) is 2. The highest BCUT2D eigenvalue weighted by molar-refractivity contribution is 5.98. The van der Waals surface area contributed by atoms with Gasteiger partial charge in [0, 0.05) is 13.2 Å². The zero-order valence-electron chi connectivity index (χ0n) is 11.4. The minimum atomic E-state index is -0.313. The van der Waals surface area contributed by atoms with E-state index in [4.69, 9.17) is 10.5 Å². The van der Waals surface area contributed by atoms with Crippen LogP contribution < -0.4 is 15.8 Å². The molecule has 0 aliphatic heterocycles. The van der Waals surface area contributed by atoms with Crippen molar-refractivity contribution in [3.05, 3.63) is 36.0 Å². The average Bonchev–Trinajstić information content (AvgIpc) is 2.47. The van der Waals surface area contributed by atoms with Crippen LogP contribution in [-0.4, -0.2) is 29.5 Å². The molecule has 0 unspecified atom stereocenters. The summed E-state index contributed by atoms with van der Waals surface area (Å²) in [5, 5.41) is 2.49. The summed E-state index contributed by atoms with van der Waals surface area (Å²) >= 11 is 0. The number of nitrogens with two attached hydrogens (primary N) is 1. The Labute approximate surface area is 117 Å². The fraction of sp³-hybridized carbons (Fsp3) is 0.214. The van der Waals surface area contributed by atoms with Gasteiger partial charge in [-0.05, 0) is 19.1 Å². The van der Waals surface area contributed by atoms with E-state index in [9.17, 15) is 4.79 Å². The Morgan fingerprint density at radius 3 is 2.80 bits per heavy atom. The van der Waals surface area contributed by atoms with E-state index in [0.29, 0.717) is 18.2 Å². The molecule has 0 aliphatic rings. The van der Waals surface area contributed by atoms with Crippen molar-refractivity contribution in [2.45, 2.75) is 6.92 Å². The SMILES string of the molecule is CCOc1ccccc1-c1ncc(C(=O)NC)c(N)n1. The quantitative estimate of drug-likeness (QED) is 0.880. The van der Waals surface area contributed by atoms with Crippen LogP contribution in [0.3, 0.4) is 0 Å². The molecule has 0 bridgehead atoms. The fourth-order valence-corrected chi connectivity index (χ4v) is 1.77. The molecule has 0 aliphatic carbocycles. The zero-order valence-corrected chi connectivity index (χ0v) is 11.4. The predicted molar refractivity (Wildman–Crippen MR) is 76.4 cm³/mol. The second-order valence-electron chi connectivity index (χ2n) is 4.00. The molecule has 0 saturated heterocycles.